The first kappa shape index (κ1) is 11.4. The molecule has 0 radical (unpaired) electrons. The zero-order chi connectivity index (χ0) is 11.1. The van der Waals surface area contributed by atoms with E-state index in [1.54, 1.807) is 0 Å². The monoisotopic (exact) mass is 211 g/mol. The Labute approximate surface area is 87.3 Å². The van der Waals surface area contributed by atoms with Gasteiger partial charge in [0, 0.05) is 6.54 Å². The molecule has 1 rings (SSSR count). The van der Waals surface area contributed by atoms with Crippen LogP contribution in [0.2, 0.25) is 0 Å². The van der Waals surface area contributed by atoms with Crippen LogP contribution in [0, 0.1) is 0 Å². The van der Waals surface area contributed by atoms with E-state index < -0.39 is 11.8 Å². The molecule has 1 fully saturated rings. The minimum atomic E-state index is -0.532. The third kappa shape index (κ3) is 3.52. The van der Waals surface area contributed by atoms with E-state index in [-0.39, 0.29) is 0 Å². The summed E-state index contributed by atoms with van der Waals surface area (Å²) in [5.41, 5.74) is 2.38. The predicted molar refractivity (Wildman–Crippen MR) is 51.3 cm³/mol. The van der Waals surface area contributed by atoms with Crippen molar-refractivity contribution < 1.29 is 14.4 Å². The van der Waals surface area contributed by atoms with Crippen molar-refractivity contribution in [2.45, 2.75) is 25.7 Å². The van der Waals surface area contributed by atoms with E-state index in [1.807, 2.05) is 0 Å². The second kappa shape index (κ2) is 5.93. The maximum atomic E-state index is 10.8. The summed E-state index contributed by atoms with van der Waals surface area (Å²) >= 11 is 0. The molecule has 0 aromatic carbocycles. The van der Waals surface area contributed by atoms with E-state index in [9.17, 15) is 14.4 Å². The highest BCUT2D eigenvalue weighted by Gasteiger charge is 2.33. The van der Waals surface area contributed by atoms with Gasteiger partial charge in [0.25, 0.3) is 0 Å². The Hall–Kier alpha value is -1.68. The van der Waals surface area contributed by atoms with Crippen molar-refractivity contribution in [2.24, 2.45) is 4.99 Å². The molecular weight excluding hydrogens is 198 g/mol. The van der Waals surface area contributed by atoms with Gasteiger partial charge in [0.15, 0.2) is 0 Å². The minimum absolute atomic E-state index is 0.458. The van der Waals surface area contributed by atoms with E-state index in [0.717, 1.165) is 25.7 Å². The van der Waals surface area contributed by atoms with Gasteiger partial charge in [-0.1, -0.05) is 12.8 Å². The molecule has 0 bridgehead atoms. The molecule has 1 saturated heterocycles. The quantitative estimate of drug-likeness (QED) is 0.273. The number of rotatable bonds is 7. The molecule has 0 unspecified atom stereocenters. The van der Waals surface area contributed by atoms with Crippen molar-refractivity contribution in [1.29, 1.82) is 0 Å². The van der Waals surface area contributed by atoms with Crippen LogP contribution in [0.15, 0.2) is 4.99 Å². The van der Waals surface area contributed by atoms with Gasteiger partial charge in [-0.3, -0.25) is 15.0 Å². The average molecular weight is 211 g/mol. The summed E-state index contributed by atoms with van der Waals surface area (Å²) in [5, 5.41) is 1.31. The van der Waals surface area contributed by atoms with Crippen LogP contribution in [0.5, 0.6) is 0 Å². The van der Waals surface area contributed by atoms with Gasteiger partial charge in [-0.25, -0.2) is 14.8 Å². The fourth-order valence-corrected chi connectivity index (χ4v) is 1.31. The Kier molecular flexibility index (Phi) is 4.50. The second-order valence-corrected chi connectivity index (χ2v) is 3.28. The highest BCUT2D eigenvalue weighted by atomic mass is 16.2. The lowest BCUT2D eigenvalue weighted by molar-refractivity contribution is -0.163. The molecule has 0 saturated carbocycles. The number of isocyanates is 1. The molecule has 1 N–H and O–H groups in total. The Morgan fingerprint density at radius 3 is 2.53 bits per heavy atom. The van der Waals surface area contributed by atoms with Crippen LogP contribution < -0.4 is 5.43 Å². The Balaban J connectivity index is 1.92. The number of nitrogens with zero attached hydrogens (tertiary/aromatic N) is 2. The van der Waals surface area contributed by atoms with Crippen LogP contribution in [-0.4, -0.2) is 36.0 Å². The molecule has 6 heteroatoms. The molecule has 1 aliphatic rings. The van der Waals surface area contributed by atoms with Gasteiger partial charge >= 0.3 is 11.8 Å². The van der Waals surface area contributed by atoms with Gasteiger partial charge in [-0.15, -0.1) is 0 Å². The third-order valence-electron chi connectivity index (χ3n) is 2.14. The van der Waals surface area contributed by atoms with Crippen molar-refractivity contribution in [2.75, 3.05) is 13.1 Å². The van der Waals surface area contributed by atoms with Gasteiger partial charge in [-0.2, -0.15) is 0 Å². The largest absolute Gasteiger partial charge is 0.332 e. The third-order valence-corrected chi connectivity index (χ3v) is 2.14. The van der Waals surface area contributed by atoms with Crippen LogP contribution in [0.4, 0.5) is 0 Å². The number of hydrogen-bond donors (Lipinski definition) is 1. The summed E-state index contributed by atoms with van der Waals surface area (Å²) in [6.45, 7) is 1.07. The van der Waals surface area contributed by atoms with Crippen LogP contribution >= 0.6 is 0 Å². The van der Waals surface area contributed by atoms with Gasteiger partial charge in [-0.05, 0) is 12.8 Å². The smallest absolute Gasteiger partial charge is 0.262 e. The maximum absolute atomic E-state index is 10.8. The van der Waals surface area contributed by atoms with Crippen molar-refractivity contribution >= 4 is 17.9 Å². The Morgan fingerprint density at radius 2 is 1.93 bits per heavy atom. The SMILES string of the molecule is O=C=NCCCCCCN1NC(=O)C1=O. The van der Waals surface area contributed by atoms with E-state index >= 15 is 0 Å². The summed E-state index contributed by atoms with van der Waals surface area (Å²) < 4.78 is 0. The van der Waals surface area contributed by atoms with Crippen molar-refractivity contribution in [3.05, 3.63) is 0 Å². The number of amides is 2. The zero-order valence-electron chi connectivity index (χ0n) is 8.36. The molecule has 0 aromatic rings. The number of hydrazine groups is 1. The molecule has 0 aliphatic carbocycles. The van der Waals surface area contributed by atoms with Crippen molar-refractivity contribution in [3.63, 3.8) is 0 Å². The fraction of sp³-hybridized carbons (Fsp3) is 0.667. The van der Waals surface area contributed by atoms with Crippen LogP contribution in [0.1, 0.15) is 25.7 Å². The lowest BCUT2D eigenvalue weighted by Gasteiger charge is -2.29. The minimum Gasteiger partial charge on any atom is -0.262 e. The summed E-state index contributed by atoms with van der Waals surface area (Å²) in [6, 6.07) is 0. The molecule has 2 amide bonds. The number of hydrogen-bond acceptors (Lipinski definition) is 4. The zero-order valence-corrected chi connectivity index (χ0v) is 8.36. The average Bonchev–Trinajstić information content (AvgIpc) is 2.26. The molecule has 1 aliphatic heterocycles. The summed E-state index contributed by atoms with van der Waals surface area (Å²) in [5.74, 6) is -0.990. The fourth-order valence-electron chi connectivity index (χ4n) is 1.31. The summed E-state index contributed by atoms with van der Waals surface area (Å²) in [6.07, 6.45) is 5.09. The predicted octanol–water partition coefficient (Wildman–Crippen LogP) is -0.244. The second-order valence-electron chi connectivity index (χ2n) is 3.28. The van der Waals surface area contributed by atoms with Gasteiger partial charge < -0.3 is 0 Å². The number of aliphatic imine (C=N–C) groups is 1. The standard InChI is InChI=1S/C9H13N3O3/c13-7-10-5-3-1-2-4-6-12-9(15)8(14)11-12/h1-6H2,(H,11,14). The van der Waals surface area contributed by atoms with E-state index in [4.69, 9.17) is 0 Å². The number of unbranched alkanes of at least 4 members (excludes halogenated alkanes) is 3. The van der Waals surface area contributed by atoms with Gasteiger partial charge in [0.05, 0.1) is 6.54 Å². The Morgan fingerprint density at radius 1 is 1.20 bits per heavy atom. The van der Waals surface area contributed by atoms with E-state index in [0.29, 0.717) is 13.1 Å². The van der Waals surface area contributed by atoms with Crippen molar-refractivity contribution in [1.82, 2.24) is 10.4 Å². The van der Waals surface area contributed by atoms with Crippen LogP contribution in [-0.2, 0) is 14.4 Å². The van der Waals surface area contributed by atoms with E-state index in [2.05, 4.69) is 10.4 Å². The lowest BCUT2D eigenvalue weighted by atomic mass is 10.2. The van der Waals surface area contributed by atoms with Crippen molar-refractivity contribution in [3.8, 4) is 0 Å². The number of nitrogens with one attached hydrogen (secondary N) is 1. The highest BCUT2D eigenvalue weighted by molar-refractivity contribution is 6.40. The first-order valence-electron chi connectivity index (χ1n) is 4.92. The topological polar surface area (TPSA) is 78.8 Å². The molecule has 82 valence electrons. The molecule has 1 heterocycles. The van der Waals surface area contributed by atoms with Crippen LogP contribution in [0.3, 0.4) is 0 Å². The summed E-state index contributed by atoms with van der Waals surface area (Å²) in [4.78, 5) is 34.5. The van der Waals surface area contributed by atoms with Gasteiger partial charge in [0.2, 0.25) is 6.08 Å². The van der Waals surface area contributed by atoms with Crippen LogP contribution in [0.25, 0.3) is 0 Å². The normalized spacial score (nSPS) is 14.3. The maximum Gasteiger partial charge on any atom is 0.332 e. The lowest BCUT2D eigenvalue weighted by Crippen LogP contribution is -2.63. The summed E-state index contributed by atoms with van der Waals surface area (Å²) in [7, 11) is 0. The first-order chi connectivity index (χ1) is 7.25. The molecule has 6 nitrogen and oxygen atoms in total. The Bertz CT molecular complexity index is 297. The molecular formula is C9H13N3O3. The molecule has 0 atom stereocenters. The highest BCUT2D eigenvalue weighted by Crippen LogP contribution is 2.04. The molecule has 0 spiro atoms. The van der Waals surface area contributed by atoms with E-state index in [1.165, 1.54) is 11.1 Å². The number of carbonyl (C=O) groups is 2. The number of carbonyl (C=O) groups excluding carboxylic acids is 3. The molecule has 15 heavy (non-hydrogen) atoms. The molecule has 0 aromatic heterocycles. The first-order valence-corrected chi connectivity index (χ1v) is 4.92. The van der Waals surface area contributed by atoms with Gasteiger partial charge in [0.1, 0.15) is 0 Å².